The van der Waals surface area contributed by atoms with E-state index in [0.29, 0.717) is 5.39 Å². The van der Waals surface area contributed by atoms with Crippen LogP contribution in [0.4, 0.5) is 0 Å². The van der Waals surface area contributed by atoms with Crippen molar-refractivity contribution in [2.75, 3.05) is 6.54 Å². The monoisotopic (exact) mass is 339 g/mol. The van der Waals surface area contributed by atoms with E-state index in [-0.39, 0.29) is 18.3 Å². The van der Waals surface area contributed by atoms with E-state index in [1.54, 1.807) is 26.0 Å². The number of nitrogens with one attached hydrogen (secondary N) is 1. The van der Waals surface area contributed by atoms with Crippen molar-refractivity contribution in [3.63, 3.8) is 0 Å². The van der Waals surface area contributed by atoms with Crippen molar-refractivity contribution in [2.24, 2.45) is 0 Å². The van der Waals surface area contributed by atoms with Crippen molar-refractivity contribution in [1.82, 2.24) is 15.1 Å². The molecule has 0 aliphatic heterocycles. The molecule has 0 fully saturated rings. The summed E-state index contributed by atoms with van der Waals surface area (Å²) in [7, 11) is 0. The van der Waals surface area contributed by atoms with Gasteiger partial charge in [-0.15, -0.1) is 0 Å². The summed E-state index contributed by atoms with van der Waals surface area (Å²) in [6.07, 6.45) is 0. The van der Waals surface area contributed by atoms with Crippen LogP contribution in [0.3, 0.4) is 0 Å². The minimum atomic E-state index is -1.05. The first-order chi connectivity index (χ1) is 9.40. The van der Waals surface area contributed by atoms with Gasteiger partial charge in [0.15, 0.2) is 5.69 Å². The number of nitrogens with zero attached hydrogens (tertiary/aromatic N) is 2. The fourth-order valence-corrected chi connectivity index (χ4v) is 2.28. The molecule has 2 N–H and O–H groups in total. The fourth-order valence-electron chi connectivity index (χ4n) is 1.92. The second kappa shape index (κ2) is 5.62. The number of carboxylic acids is 1. The molecular weight excluding hydrogens is 326 g/mol. The quantitative estimate of drug-likeness (QED) is 0.894. The Balaban J connectivity index is 2.43. The first-order valence-corrected chi connectivity index (χ1v) is 6.86. The van der Waals surface area contributed by atoms with Gasteiger partial charge in [0.1, 0.15) is 6.54 Å². The lowest BCUT2D eigenvalue weighted by Gasteiger charge is -2.23. The summed E-state index contributed by atoms with van der Waals surface area (Å²) in [4.78, 5) is 24.6. The second-order valence-electron chi connectivity index (χ2n) is 4.68. The SMILES string of the molecule is CC(C)N(CC(=O)O)C(=O)c1n[nH]c2ccc(Br)cc12. The highest BCUT2D eigenvalue weighted by atomic mass is 79.9. The Hall–Kier alpha value is -1.89. The predicted octanol–water partition coefficient (Wildman–Crippen LogP) is 2.26. The van der Waals surface area contributed by atoms with Crippen molar-refractivity contribution in [3.05, 3.63) is 28.4 Å². The van der Waals surface area contributed by atoms with Gasteiger partial charge in [0.25, 0.3) is 5.91 Å². The van der Waals surface area contributed by atoms with Crippen molar-refractivity contribution >= 4 is 38.7 Å². The van der Waals surface area contributed by atoms with Gasteiger partial charge in [-0.05, 0) is 32.0 Å². The molecule has 0 saturated carbocycles. The number of carboxylic acid groups (broad SMARTS) is 1. The molecule has 0 unspecified atom stereocenters. The molecule has 1 heterocycles. The van der Waals surface area contributed by atoms with Gasteiger partial charge in [0.2, 0.25) is 0 Å². The van der Waals surface area contributed by atoms with Crippen molar-refractivity contribution < 1.29 is 14.7 Å². The zero-order chi connectivity index (χ0) is 14.9. The van der Waals surface area contributed by atoms with Gasteiger partial charge >= 0.3 is 5.97 Å². The van der Waals surface area contributed by atoms with Crippen LogP contribution in [0.1, 0.15) is 24.3 Å². The third-order valence-electron chi connectivity index (χ3n) is 2.92. The molecule has 1 aromatic heterocycles. The summed E-state index contributed by atoms with van der Waals surface area (Å²) < 4.78 is 0.829. The van der Waals surface area contributed by atoms with Gasteiger partial charge in [-0.1, -0.05) is 15.9 Å². The molecule has 0 aliphatic rings. The van der Waals surface area contributed by atoms with E-state index in [1.807, 2.05) is 6.07 Å². The number of rotatable bonds is 4. The number of carbonyl (C=O) groups excluding carboxylic acids is 1. The summed E-state index contributed by atoms with van der Waals surface area (Å²) in [5.74, 6) is -1.44. The van der Waals surface area contributed by atoms with Crippen LogP contribution < -0.4 is 0 Å². The molecule has 0 aliphatic carbocycles. The Kier molecular flexibility index (Phi) is 4.08. The number of aromatic nitrogens is 2. The molecule has 0 saturated heterocycles. The number of fused-ring (bicyclic) bond motifs is 1. The summed E-state index contributed by atoms with van der Waals surface area (Å²) in [5, 5.41) is 16.4. The molecule has 6 nitrogen and oxygen atoms in total. The lowest BCUT2D eigenvalue weighted by Crippen LogP contribution is -2.40. The van der Waals surface area contributed by atoms with Gasteiger partial charge in [-0.2, -0.15) is 5.10 Å². The first kappa shape index (κ1) is 14.5. The number of benzene rings is 1. The Morgan fingerprint density at radius 3 is 2.75 bits per heavy atom. The number of hydrogen-bond donors (Lipinski definition) is 2. The van der Waals surface area contributed by atoms with Gasteiger partial charge in [0, 0.05) is 15.9 Å². The van der Waals surface area contributed by atoms with Crippen LogP contribution in [0.25, 0.3) is 10.9 Å². The van der Waals surface area contributed by atoms with Crippen LogP contribution in [0.5, 0.6) is 0 Å². The molecule has 7 heteroatoms. The van der Waals surface area contributed by atoms with Crippen LogP contribution in [0, 0.1) is 0 Å². The van der Waals surface area contributed by atoms with E-state index in [4.69, 9.17) is 5.11 Å². The maximum absolute atomic E-state index is 12.5. The van der Waals surface area contributed by atoms with Crippen LogP contribution in [0.2, 0.25) is 0 Å². The van der Waals surface area contributed by atoms with E-state index in [0.717, 1.165) is 9.99 Å². The second-order valence-corrected chi connectivity index (χ2v) is 5.60. The molecule has 2 rings (SSSR count). The minimum Gasteiger partial charge on any atom is -0.480 e. The maximum Gasteiger partial charge on any atom is 0.323 e. The van der Waals surface area contributed by atoms with Crippen LogP contribution in [0.15, 0.2) is 22.7 Å². The van der Waals surface area contributed by atoms with Gasteiger partial charge in [0.05, 0.1) is 5.52 Å². The Labute approximate surface area is 123 Å². The van der Waals surface area contributed by atoms with E-state index < -0.39 is 11.9 Å². The van der Waals surface area contributed by atoms with Gasteiger partial charge in [-0.25, -0.2) is 0 Å². The van der Waals surface area contributed by atoms with E-state index in [1.165, 1.54) is 4.90 Å². The molecule has 0 radical (unpaired) electrons. The molecule has 1 amide bonds. The highest BCUT2D eigenvalue weighted by Gasteiger charge is 2.25. The summed E-state index contributed by atoms with van der Waals surface area (Å²) in [5.41, 5.74) is 0.965. The van der Waals surface area contributed by atoms with Crippen LogP contribution >= 0.6 is 15.9 Å². The molecule has 0 spiro atoms. The lowest BCUT2D eigenvalue weighted by molar-refractivity contribution is -0.138. The van der Waals surface area contributed by atoms with Crippen LogP contribution in [-0.4, -0.2) is 44.7 Å². The zero-order valence-corrected chi connectivity index (χ0v) is 12.6. The van der Waals surface area contributed by atoms with Crippen molar-refractivity contribution in [3.8, 4) is 0 Å². The number of halogens is 1. The van der Waals surface area contributed by atoms with Crippen LogP contribution in [-0.2, 0) is 4.79 Å². The highest BCUT2D eigenvalue weighted by molar-refractivity contribution is 9.10. The Morgan fingerprint density at radius 2 is 2.15 bits per heavy atom. The first-order valence-electron chi connectivity index (χ1n) is 6.06. The summed E-state index contributed by atoms with van der Waals surface area (Å²) in [6.45, 7) is 3.19. The standard InChI is InChI=1S/C13H14BrN3O3/c1-7(2)17(6-11(18)19)13(20)12-9-5-8(14)3-4-10(9)15-16-12/h3-5,7H,6H2,1-2H3,(H,15,16)(H,18,19). The fraction of sp³-hybridized carbons (Fsp3) is 0.308. The Bertz CT molecular complexity index is 666. The normalized spacial score (nSPS) is 11.0. The Morgan fingerprint density at radius 1 is 1.45 bits per heavy atom. The average Bonchev–Trinajstić information content (AvgIpc) is 2.77. The molecule has 0 bridgehead atoms. The van der Waals surface area contributed by atoms with E-state index in [9.17, 15) is 9.59 Å². The van der Waals surface area contributed by atoms with Gasteiger partial charge in [-0.3, -0.25) is 14.7 Å². The largest absolute Gasteiger partial charge is 0.480 e. The average molecular weight is 340 g/mol. The third kappa shape index (κ3) is 2.82. The topological polar surface area (TPSA) is 86.3 Å². The smallest absolute Gasteiger partial charge is 0.323 e. The third-order valence-corrected chi connectivity index (χ3v) is 3.41. The molecule has 0 atom stereocenters. The molecular formula is C13H14BrN3O3. The highest BCUT2D eigenvalue weighted by Crippen LogP contribution is 2.22. The summed E-state index contributed by atoms with van der Waals surface area (Å²) >= 11 is 3.35. The lowest BCUT2D eigenvalue weighted by atomic mass is 10.2. The number of H-pyrrole nitrogens is 1. The zero-order valence-electron chi connectivity index (χ0n) is 11.1. The van der Waals surface area contributed by atoms with E-state index in [2.05, 4.69) is 26.1 Å². The predicted molar refractivity (Wildman–Crippen MR) is 77.6 cm³/mol. The number of carbonyl (C=O) groups is 2. The number of aliphatic carboxylic acids is 1. The summed E-state index contributed by atoms with van der Waals surface area (Å²) in [6, 6.07) is 5.20. The molecule has 2 aromatic rings. The molecule has 1 aromatic carbocycles. The van der Waals surface area contributed by atoms with Crippen molar-refractivity contribution in [2.45, 2.75) is 19.9 Å². The van der Waals surface area contributed by atoms with Gasteiger partial charge < -0.3 is 10.0 Å². The van der Waals surface area contributed by atoms with Crippen molar-refractivity contribution in [1.29, 1.82) is 0 Å². The number of hydrogen-bond acceptors (Lipinski definition) is 3. The number of aromatic amines is 1. The minimum absolute atomic E-state index is 0.225. The maximum atomic E-state index is 12.5. The molecule has 20 heavy (non-hydrogen) atoms. The molecule has 106 valence electrons. The number of amides is 1. The van der Waals surface area contributed by atoms with E-state index >= 15 is 0 Å².